The van der Waals surface area contributed by atoms with Crippen molar-refractivity contribution in [3.63, 3.8) is 0 Å². The van der Waals surface area contributed by atoms with Crippen molar-refractivity contribution >= 4 is 17.9 Å². The summed E-state index contributed by atoms with van der Waals surface area (Å²) in [6, 6.07) is 0. The zero-order valence-corrected chi connectivity index (χ0v) is 27.6. The van der Waals surface area contributed by atoms with Gasteiger partial charge in [0.05, 0.1) is 26.1 Å². The predicted octanol–water partition coefficient (Wildman–Crippen LogP) is 7.74. The molecule has 1 aliphatic rings. The zero-order valence-electron chi connectivity index (χ0n) is 27.6. The van der Waals surface area contributed by atoms with E-state index in [0.29, 0.717) is 36.9 Å². The number of carbonyl (C=O) groups excluding carboxylic acids is 3. The molecule has 4 unspecified atom stereocenters. The Bertz CT molecular complexity index is 737. The van der Waals surface area contributed by atoms with Crippen LogP contribution < -0.4 is 0 Å². The number of hydrogen-bond acceptors (Lipinski definition) is 7. The lowest BCUT2D eigenvalue weighted by Gasteiger charge is -2.43. The molecule has 0 amide bonds. The highest BCUT2D eigenvalue weighted by molar-refractivity contribution is 5.76. The van der Waals surface area contributed by atoms with Crippen molar-refractivity contribution in [3.05, 3.63) is 0 Å². The molecule has 0 aromatic heterocycles. The highest BCUT2D eigenvalue weighted by atomic mass is 16.6. The van der Waals surface area contributed by atoms with Crippen LogP contribution >= 0.6 is 0 Å². The molecule has 4 atom stereocenters. The number of carbonyl (C=O) groups is 3. The molecule has 0 heterocycles. The molecule has 0 aromatic carbocycles. The Morgan fingerprint density at radius 3 is 2.22 bits per heavy atom. The van der Waals surface area contributed by atoms with Crippen LogP contribution in [-0.4, -0.2) is 62.8 Å². The molecular formula is C34H63NO6. The van der Waals surface area contributed by atoms with Crippen LogP contribution in [0.4, 0.5) is 0 Å². The fourth-order valence-electron chi connectivity index (χ4n) is 6.36. The summed E-state index contributed by atoms with van der Waals surface area (Å²) in [7, 11) is 3.99. The Labute approximate surface area is 251 Å². The maximum atomic E-state index is 12.9. The molecule has 0 spiro atoms. The fraction of sp³-hybridized carbons (Fsp3) is 0.912. The van der Waals surface area contributed by atoms with Crippen LogP contribution in [0.5, 0.6) is 0 Å². The van der Waals surface area contributed by atoms with Crippen molar-refractivity contribution in [2.45, 2.75) is 143 Å². The highest BCUT2D eigenvalue weighted by Gasteiger charge is 2.36. The Balaban J connectivity index is 2.65. The fourth-order valence-corrected chi connectivity index (χ4v) is 6.36. The summed E-state index contributed by atoms with van der Waals surface area (Å²) < 4.78 is 16.7. The number of esters is 3. The summed E-state index contributed by atoms with van der Waals surface area (Å²) in [6.07, 6.45) is 13.0. The maximum Gasteiger partial charge on any atom is 0.309 e. The second-order valence-corrected chi connectivity index (χ2v) is 13.4. The number of ether oxygens (including phenoxy) is 3. The van der Waals surface area contributed by atoms with Gasteiger partial charge in [0.2, 0.25) is 0 Å². The molecule has 7 nitrogen and oxygen atoms in total. The number of rotatable bonds is 22. The van der Waals surface area contributed by atoms with Gasteiger partial charge >= 0.3 is 17.9 Å². The van der Waals surface area contributed by atoms with Gasteiger partial charge in [-0.2, -0.15) is 0 Å². The lowest BCUT2D eigenvalue weighted by atomic mass is 9.62. The van der Waals surface area contributed by atoms with E-state index in [9.17, 15) is 14.4 Å². The van der Waals surface area contributed by atoms with Gasteiger partial charge in [-0.05, 0) is 88.8 Å². The van der Waals surface area contributed by atoms with Gasteiger partial charge in [0, 0.05) is 6.42 Å². The third-order valence-electron chi connectivity index (χ3n) is 8.82. The van der Waals surface area contributed by atoms with Crippen LogP contribution in [0.1, 0.15) is 137 Å². The predicted molar refractivity (Wildman–Crippen MR) is 165 cm³/mol. The summed E-state index contributed by atoms with van der Waals surface area (Å²) in [4.78, 5) is 40.0. The van der Waals surface area contributed by atoms with Gasteiger partial charge in [-0.25, -0.2) is 0 Å². The molecule has 0 radical (unpaired) electrons. The van der Waals surface area contributed by atoms with Crippen LogP contribution in [-0.2, 0) is 28.6 Å². The first-order chi connectivity index (χ1) is 19.5. The Kier molecular flexibility index (Phi) is 19.3. The van der Waals surface area contributed by atoms with Crippen molar-refractivity contribution in [2.24, 2.45) is 23.2 Å². The van der Waals surface area contributed by atoms with E-state index in [2.05, 4.69) is 39.5 Å². The molecule has 0 N–H and O–H groups in total. The van der Waals surface area contributed by atoms with Crippen LogP contribution in [0.3, 0.4) is 0 Å². The third kappa shape index (κ3) is 17.2. The summed E-state index contributed by atoms with van der Waals surface area (Å²) >= 11 is 0. The topological polar surface area (TPSA) is 82.1 Å². The zero-order chi connectivity index (χ0) is 30.7. The van der Waals surface area contributed by atoms with E-state index in [1.54, 1.807) is 0 Å². The van der Waals surface area contributed by atoms with E-state index in [0.717, 1.165) is 70.3 Å². The number of hydrogen-bond donors (Lipinski definition) is 0. The van der Waals surface area contributed by atoms with Crippen LogP contribution in [0.2, 0.25) is 0 Å². The van der Waals surface area contributed by atoms with Crippen molar-refractivity contribution in [2.75, 3.05) is 33.9 Å². The van der Waals surface area contributed by atoms with Gasteiger partial charge in [0.25, 0.3) is 0 Å². The normalized spacial score (nSPS) is 19.9. The van der Waals surface area contributed by atoms with Gasteiger partial charge in [-0.3, -0.25) is 14.4 Å². The highest BCUT2D eigenvalue weighted by Crippen LogP contribution is 2.46. The molecule has 0 saturated heterocycles. The van der Waals surface area contributed by atoms with Crippen molar-refractivity contribution in [1.29, 1.82) is 0 Å². The number of unbranched alkanes of at least 4 members (excludes halogenated alkanes) is 4. The monoisotopic (exact) mass is 581 g/mol. The molecular weight excluding hydrogens is 518 g/mol. The van der Waals surface area contributed by atoms with E-state index in [1.165, 1.54) is 19.3 Å². The first kappa shape index (κ1) is 37.4. The van der Waals surface area contributed by atoms with Crippen LogP contribution in [0.25, 0.3) is 0 Å². The molecule has 1 rings (SSSR count). The molecule has 1 aliphatic carbocycles. The van der Waals surface area contributed by atoms with E-state index >= 15 is 0 Å². The lowest BCUT2D eigenvalue weighted by molar-refractivity contribution is -0.159. The van der Waals surface area contributed by atoms with Gasteiger partial charge in [-0.1, -0.05) is 73.1 Å². The first-order valence-corrected chi connectivity index (χ1v) is 16.6. The van der Waals surface area contributed by atoms with Gasteiger partial charge in [0.1, 0.15) is 6.10 Å². The Morgan fingerprint density at radius 2 is 1.59 bits per heavy atom. The van der Waals surface area contributed by atoms with E-state index in [-0.39, 0.29) is 25.2 Å². The molecule has 7 heteroatoms. The van der Waals surface area contributed by atoms with Crippen molar-refractivity contribution in [1.82, 2.24) is 4.90 Å². The van der Waals surface area contributed by atoms with E-state index in [1.807, 2.05) is 14.1 Å². The van der Waals surface area contributed by atoms with Crippen molar-refractivity contribution in [3.8, 4) is 0 Å². The van der Waals surface area contributed by atoms with Crippen LogP contribution in [0.15, 0.2) is 0 Å². The second kappa shape index (κ2) is 21.1. The molecule has 1 fully saturated rings. The molecule has 41 heavy (non-hydrogen) atoms. The molecule has 240 valence electrons. The largest absolute Gasteiger partial charge is 0.466 e. The number of nitrogens with zero attached hydrogens (tertiary/aromatic N) is 1. The third-order valence-corrected chi connectivity index (χ3v) is 8.82. The Hall–Kier alpha value is -1.63. The van der Waals surface area contributed by atoms with E-state index < -0.39 is 18.0 Å². The average molecular weight is 582 g/mol. The average Bonchev–Trinajstić information content (AvgIpc) is 2.88. The minimum atomic E-state index is -0.861. The van der Waals surface area contributed by atoms with Gasteiger partial charge < -0.3 is 19.1 Å². The molecule has 0 aromatic rings. The minimum Gasteiger partial charge on any atom is -0.466 e. The summed E-state index contributed by atoms with van der Waals surface area (Å²) in [5.74, 6) is 0.505. The summed E-state index contributed by atoms with van der Waals surface area (Å²) in [5.41, 5.74) is 0.360. The molecule has 1 saturated carbocycles. The van der Waals surface area contributed by atoms with Gasteiger partial charge in [0.15, 0.2) is 0 Å². The molecule has 0 bridgehead atoms. The van der Waals surface area contributed by atoms with E-state index in [4.69, 9.17) is 14.2 Å². The molecule has 0 aliphatic heterocycles. The summed E-state index contributed by atoms with van der Waals surface area (Å²) in [5, 5.41) is 0. The quantitative estimate of drug-likeness (QED) is 0.0735. The minimum absolute atomic E-state index is 0.125. The lowest BCUT2D eigenvalue weighted by Crippen LogP contribution is -2.34. The Morgan fingerprint density at radius 1 is 0.878 bits per heavy atom. The smallest absolute Gasteiger partial charge is 0.309 e. The standard InChI is InChI=1S/C34H63NO6/c1-8-10-11-14-23-39-32(37)24-29(41-31(36)18-12-13-22-35(6)7)25-33(38)40-26-28(16-9-2)19-20-30-27(3)17-15-21-34(30,4)5/h27-30H,8-26H2,1-7H3. The second-order valence-electron chi connectivity index (χ2n) is 13.4. The van der Waals surface area contributed by atoms with Gasteiger partial charge in [-0.15, -0.1) is 0 Å². The SMILES string of the molecule is CCCCCCOC(=O)CC(CC(=O)OCC(CCC)CCC1C(C)CCCC1(C)C)OC(=O)CCCCN(C)C. The summed E-state index contributed by atoms with van der Waals surface area (Å²) in [6.45, 7) is 13.1. The van der Waals surface area contributed by atoms with Crippen molar-refractivity contribution < 1.29 is 28.6 Å². The maximum absolute atomic E-state index is 12.9. The van der Waals surface area contributed by atoms with Crippen LogP contribution in [0, 0.1) is 23.2 Å². The first-order valence-electron chi connectivity index (χ1n) is 16.6.